The van der Waals surface area contributed by atoms with Gasteiger partial charge in [-0.15, -0.1) is 0 Å². The molecule has 1 aromatic heterocycles. The Bertz CT molecular complexity index is 1560. The van der Waals surface area contributed by atoms with Gasteiger partial charge in [0.05, 0.1) is 23.3 Å². The van der Waals surface area contributed by atoms with Crippen molar-refractivity contribution in [2.24, 2.45) is 0 Å². The Labute approximate surface area is 245 Å². The maximum atomic E-state index is 13.2. The van der Waals surface area contributed by atoms with Gasteiger partial charge in [-0.2, -0.15) is 4.98 Å². The molecular formula is C31H26N2O10. The lowest BCUT2D eigenvalue weighted by Gasteiger charge is -2.24. The molecule has 1 fully saturated rings. The molecule has 43 heavy (non-hydrogen) atoms. The van der Waals surface area contributed by atoms with E-state index < -0.39 is 54.2 Å². The van der Waals surface area contributed by atoms with Crippen LogP contribution in [0.15, 0.2) is 95.5 Å². The maximum absolute atomic E-state index is 13.2. The summed E-state index contributed by atoms with van der Waals surface area (Å²) in [6.07, 6.45) is -5.05. The summed E-state index contributed by atoms with van der Waals surface area (Å²) in [5.74, 6) is -3.64. The van der Waals surface area contributed by atoms with E-state index in [2.05, 4.69) is 10.1 Å². The second-order valence-corrected chi connectivity index (χ2v) is 9.21. The summed E-state index contributed by atoms with van der Waals surface area (Å²) in [5.41, 5.74) is 0.733. The van der Waals surface area contributed by atoms with E-state index in [9.17, 15) is 19.2 Å². The number of carbonyl (C=O) groups is 4. The zero-order valence-electron chi connectivity index (χ0n) is 22.9. The Balaban J connectivity index is 1.47. The summed E-state index contributed by atoms with van der Waals surface area (Å²) in [6.45, 7) is 1.29. The molecule has 4 atom stereocenters. The van der Waals surface area contributed by atoms with Gasteiger partial charge in [-0.1, -0.05) is 59.8 Å². The van der Waals surface area contributed by atoms with Crippen LogP contribution < -0.4 is 0 Å². The van der Waals surface area contributed by atoms with E-state index in [4.69, 9.17) is 28.2 Å². The molecule has 0 radical (unpaired) electrons. The Hall–Kier alpha value is -5.36. The third-order valence-corrected chi connectivity index (χ3v) is 6.35. The molecule has 1 aliphatic heterocycles. The minimum absolute atomic E-state index is 0.0696. The number of nitrogens with zero attached hydrogens (tertiary/aromatic N) is 2. The van der Waals surface area contributed by atoms with Gasteiger partial charge < -0.3 is 28.2 Å². The third kappa shape index (κ3) is 6.93. The number of carbonyl (C=O) groups excluding carboxylic acids is 4. The minimum atomic E-state index is -1.34. The molecule has 0 N–H and O–H groups in total. The second-order valence-electron chi connectivity index (χ2n) is 9.21. The number of rotatable bonds is 10. The van der Waals surface area contributed by atoms with Crippen LogP contribution >= 0.6 is 0 Å². The van der Waals surface area contributed by atoms with E-state index in [0.717, 1.165) is 0 Å². The highest BCUT2D eigenvalue weighted by atomic mass is 16.7. The first-order valence-electron chi connectivity index (χ1n) is 13.3. The normalized spacial score (nSPS) is 19.3. The van der Waals surface area contributed by atoms with Gasteiger partial charge in [0.1, 0.15) is 12.7 Å². The molecule has 0 saturated carbocycles. The number of hydrogen-bond donors (Lipinski definition) is 0. The summed E-state index contributed by atoms with van der Waals surface area (Å²) in [7, 11) is 0. The van der Waals surface area contributed by atoms with Crippen LogP contribution in [0.1, 0.15) is 60.6 Å². The van der Waals surface area contributed by atoms with E-state index >= 15 is 0 Å². The zero-order valence-corrected chi connectivity index (χ0v) is 22.9. The first-order chi connectivity index (χ1) is 20.9. The molecule has 1 aliphatic rings. The summed E-state index contributed by atoms with van der Waals surface area (Å²) < 4.78 is 33.2. The molecule has 2 heterocycles. The molecular weight excluding hydrogens is 560 g/mol. The van der Waals surface area contributed by atoms with Crippen LogP contribution in [0.2, 0.25) is 0 Å². The highest BCUT2D eigenvalue weighted by Gasteiger charge is 2.53. The maximum Gasteiger partial charge on any atom is 0.397 e. The van der Waals surface area contributed by atoms with Gasteiger partial charge in [-0.25, -0.2) is 19.2 Å². The van der Waals surface area contributed by atoms with E-state index in [1.54, 1.807) is 97.9 Å². The summed E-state index contributed by atoms with van der Waals surface area (Å²) in [5, 5.41) is 3.83. The van der Waals surface area contributed by atoms with Crippen molar-refractivity contribution in [2.75, 3.05) is 13.2 Å². The van der Waals surface area contributed by atoms with E-state index in [0.29, 0.717) is 5.56 Å². The van der Waals surface area contributed by atoms with Crippen molar-refractivity contribution < 1.29 is 47.4 Å². The Morgan fingerprint density at radius 2 is 1.19 bits per heavy atom. The van der Waals surface area contributed by atoms with E-state index in [-0.39, 0.29) is 30.2 Å². The number of aromatic nitrogens is 2. The summed E-state index contributed by atoms with van der Waals surface area (Å²) >= 11 is 0. The smallest absolute Gasteiger partial charge is 0.397 e. The topological polar surface area (TPSA) is 153 Å². The van der Waals surface area contributed by atoms with E-state index in [1.807, 2.05) is 0 Å². The molecule has 0 aliphatic carbocycles. The van der Waals surface area contributed by atoms with Crippen molar-refractivity contribution in [3.05, 3.63) is 119 Å². The molecule has 0 bridgehead atoms. The van der Waals surface area contributed by atoms with Gasteiger partial charge in [-0.05, 0) is 43.3 Å². The Morgan fingerprint density at radius 3 is 1.72 bits per heavy atom. The molecule has 12 nitrogen and oxygen atoms in total. The van der Waals surface area contributed by atoms with Crippen LogP contribution in [0, 0.1) is 0 Å². The van der Waals surface area contributed by atoms with Crippen molar-refractivity contribution in [3.8, 4) is 0 Å². The largest absolute Gasteiger partial charge is 0.459 e. The first kappa shape index (κ1) is 29.1. The molecule has 12 heteroatoms. The highest BCUT2D eigenvalue weighted by molar-refractivity contribution is 5.91. The molecule has 0 spiro atoms. The van der Waals surface area contributed by atoms with Gasteiger partial charge in [0.25, 0.3) is 0 Å². The second kappa shape index (κ2) is 13.5. The van der Waals surface area contributed by atoms with Crippen LogP contribution in [-0.2, 0) is 23.7 Å². The standard InChI is InChI=1S/C31H26N2O10/c1-2-38-31(37)27-32-26(33-43-27)25-24(42-30(36)21-16-10-5-11-17-21)23(41-29(35)20-14-8-4-9-15-20)22(40-25)18-39-28(34)19-12-6-3-7-13-19/h3-17,22-25H,2,18H2,1H3/t22-,23-,24-,25-/m1/s1. The van der Waals surface area contributed by atoms with Gasteiger partial charge in [0, 0.05) is 0 Å². The average molecular weight is 587 g/mol. The molecule has 3 aromatic carbocycles. The van der Waals surface area contributed by atoms with Gasteiger partial charge >= 0.3 is 29.8 Å². The molecule has 4 aromatic rings. The molecule has 5 rings (SSSR count). The third-order valence-electron chi connectivity index (χ3n) is 6.35. The van der Waals surface area contributed by atoms with Crippen molar-refractivity contribution >= 4 is 23.9 Å². The van der Waals surface area contributed by atoms with Gasteiger partial charge in [0.2, 0.25) is 5.82 Å². The van der Waals surface area contributed by atoms with Crippen LogP contribution in [0.3, 0.4) is 0 Å². The molecule has 220 valence electrons. The number of esters is 4. The fourth-order valence-electron chi connectivity index (χ4n) is 4.31. The molecule has 0 amide bonds. The quantitative estimate of drug-likeness (QED) is 0.195. The average Bonchev–Trinajstić information content (AvgIpc) is 3.66. The molecule has 0 unspecified atom stereocenters. The zero-order chi connectivity index (χ0) is 30.2. The Morgan fingerprint density at radius 1 is 0.674 bits per heavy atom. The predicted molar refractivity (Wildman–Crippen MR) is 146 cm³/mol. The number of hydrogen-bond acceptors (Lipinski definition) is 12. The predicted octanol–water partition coefficient (Wildman–Crippen LogP) is 3.99. The van der Waals surface area contributed by atoms with Crippen LogP contribution in [0.4, 0.5) is 0 Å². The SMILES string of the molecule is CCOC(=O)c1nc([C@@H]2O[C@H](COC(=O)c3ccccc3)[C@@H](OC(=O)c3ccccc3)[C@H]2OC(=O)c2ccccc2)no1. The monoisotopic (exact) mass is 586 g/mol. The minimum Gasteiger partial charge on any atom is -0.459 e. The lowest BCUT2D eigenvalue weighted by molar-refractivity contribution is -0.0455. The number of ether oxygens (including phenoxy) is 5. The summed E-state index contributed by atoms with van der Waals surface area (Å²) in [4.78, 5) is 55.4. The Kier molecular flexibility index (Phi) is 9.17. The van der Waals surface area contributed by atoms with Crippen LogP contribution in [0.25, 0.3) is 0 Å². The van der Waals surface area contributed by atoms with E-state index in [1.165, 1.54) is 0 Å². The fraction of sp³-hybridized carbons (Fsp3) is 0.226. The van der Waals surface area contributed by atoms with Crippen LogP contribution in [-0.4, -0.2) is 65.5 Å². The van der Waals surface area contributed by atoms with Crippen molar-refractivity contribution in [2.45, 2.75) is 31.3 Å². The lowest BCUT2D eigenvalue weighted by atomic mass is 10.1. The first-order valence-corrected chi connectivity index (χ1v) is 13.3. The van der Waals surface area contributed by atoms with Crippen molar-refractivity contribution in [3.63, 3.8) is 0 Å². The van der Waals surface area contributed by atoms with Crippen LogP contribution in [0.5, 0.6) is 0 Å². The number of benzene rings is 3. The highest BCUT2D eigenvalue weighted by Crippen LogP contribution is 2.37. The summed E-state index contributed by atoms with van der Waals surface area (Å²) in [6, 6.07) is 24.6. The fourth-order valence-corrected chi connectivity index (χ4v) is 4.31. The van der Waals surface area contributed by atoms with Gasteiger partial charge in [-0.3, -0.25) is 0 Å². The lowest BCUT2D eigenvalue weighted by Crippen LogP contribution is -2.41. The van der Waals surface area contributed by atoms with Crippen molar-refractivity contribution in [1.82, 2.24) is 10.1 Å². The van der Waals surface area contributed by atoms with Crippen molar-refractivity contribution in [1.29, 1.82) is 0 Å². The van der Waals surface area contributed by atoms with Gasteiger partial charge in [0.15, 0.2) is 18.3 Å². The molecule has 1 saturated heterocycles.